The van der Waals surface area contributed by atoms with Crippen LogP contribution in [0, 0.1) is 0 Å². The van der Waals surface area contributed by atoms with Crippen molar-refractivity contribution in [2.75, 3.05) is 0 Å². The van der Waals surface area contributed by atoms with Gasteiger partial charge in [-0.3, -0.25) is 4.68 Å². The molecular formula is C9H7BrClN3. The molecule has 0 amide bonds. The van der Waals surface area contributed by atoms with Crippen LogP contribution < -0.4 is 0 Å². The minimum absolute atomic E-state index is 0.479. The Morgan fingerprint density at radius 3 is 2.86 bits per heavy atom. The molecule has 0 fully saturated rings. The van der Waals surface area contributed by atoms with Gasteiger partial charge in [0.05, 0.1) is 11.9 Å². The van der Waals surface area contributed by atoms with Crippen molar-refractivity contribution in [3.05, 3.63) is 34.2 Å². The molecule has 0 aliphatic carbocycles. The first-order valence-corrected chi connectivity index (χ1v) is 5.15. The highest BCUT2D eigenvalue weighted by molar-refractivity contribution is 9.10. The maximum absolute atomic E-state index is 5.81. The van der Waals surface area contributed by atoms with E-state index in [9.17, 15) is 0 Å². The Hall–Kier alpha value is -0.870. The largest absolute Gasteiger partial charge is 0.275 e. The van der Waals surface area contributed by atoms with E-state index >= 15 is 0 Å². The molecule has 0 N–H and O–H groups in total. The molecule has 3 nitrogen and oxygen atoms in total. The van der Waals surface area contributed by atoms with Gasteiger partial charge in [0, 0.05) is 23.3 Å². The molecule has 0 bridgehead atoms. The number of aromatic nitrogens is 3. The molecule has 0 aliphatic rings. The number of hydrogen-bond acceptors (Lipinski definition) is 2. The number of hydrogen-bond donors (Lipinski definition) is 0. The highest BCUT2D eigenvalue weighted by Crippen LogP contribution is 2.26. The van der Waals surface area contributed by atoms with E-state index in [1.54, 1.807) is 16.9 Å². The predicted octanol–water partition coefficient (Wildman–Crippen LogP) is 2.90. The average Bonchev–Trinajstić information content (AvgIpc) is 2.56. The summed E-state index contributed by atoms with van der Waals surface area (Å²) in [6.07, 6.45) is 3.65. The monoisotopic (exact) mass is 271 g/mol. The summed E-state index contributed by atoms with van der Waals surface area (Å²) in [5.74, 6) is 0. The number of aryl methyl sites for hydroxylation is 1. The quantitative estimate of drug-likeness (QED) is 0.747. The van der Waals surface area contributed by atoms with Crippen molar-refractivity contribution >= 4 is 27.5 Å². The minimum atomic E-state index is 0.479. The van der Waals surface area contributed by atoms with Gasteiger partial charge in [0.15, 0.2) is 0 Å². The standard InChI is InChI=1S/C9H7BrClN3/c1-14-5-6(4-12-14)9-7(10)2-3-8(11)13-9/h2-5H,1H3. The Kier molecular flexibility index (Phi) is 2.56. The van der Waals surface area contributed by atoms with Crippen molar-refractivity contribution < 1.29 is 0 Å². The second kappa shape index (κ2) is 3.71. The molecule has 14 heavy (non-hydrogen) atoms. The van der Waals surface area contributed by atoms with Crippen LogP contribution in [0.25, 0.3) is 11.3 Å². The fraction of sp³-hybridized carbons (Fsp3) is 0.111. The Morgan fingerprint density at radius 1 is 1.43 bits per heavy atom. The summed E-state index contributed by atoms with van der Waals surface area (Å²) in [5.41, 5.74) is 1.76. The lowest BCUT2D eigenvalue weighted by molar-refractivity contribution is 0.768. The lowest BCUT2D eigenvalue weighted by atomic mass is 10.2. The van der Waals surface area contributed by atoms with Gasteiger partial charge in [-0.2, -0.15) is 5.10 Å². The van der Waals surface area contributed by atoms with E-state index in [1.807, 2.05) is 19.3 Å². The maximum Gasteiger partial charge on any atom is 0.129 e. The van der Waals surface area contributed by atoms with Gasteiger partial charge in [-0.15, -0.1) is 0 Å². The average molecular weight is 273 g/mol. The third kappa shape index (κ3) is 1.81. The van der Waals surface area contributed by atoms with Crippen LogP contribution in [0.2, 0.25) is 5.15 Å². The number of rotatable bonds is 1. The zero-order chi connectivity index (χ0) is 10.1. The van der Waals surface area contributed by atoms with Crippen LogP contribution in [-0.2, 0) is 7.05 Å². The third-order valence-corrected chi connectivity index (χ3v) is 2.64. The zero-order valence-corrected chi connectivity index (χ0v) is 9.75. The van der Waals surface area contributed by atoms with Gasteiger partial charge in [0.2, 0.25) is 0 Å². The van der Waals surface area contributed by atoms with Crippen molar-refractivity contribution in [3.63, 3.8) is 0 Å². The Morgan fingerprint density at radius 2 is 2.21 bits per heavy atom. The molecule has 2 rings (SSSR count). The summed E-state index contributed by atoms with van der Waals surface area (Å²) in [6.45, 7) is 0. The van der Waals surface area contributed by atoms with Gasteiger partial charge in [-0.05, 0) is 28.1 Å². The van der Waals surface area contributed by atoms with E-state index in [4.69, 9.17) is 11.6 Å². The van der Waals surface area contributed by atoms with E-state index in [0.29, 0.717) is 5.15 Å². The van der Waals surface area contributed by atoms with Crippen LogP contribution in [0.15, 0.2) is 29.0 Å². The molecule has 0 unspecified atom stereocenters. The van der Waals surface area contributed by atoms with Crippen LogP contribution >= 0.6 is 27.5 Å². The highest BCUT2D eigenvalue weighted by Gasteiger charge is 2.07. The van der Waals surface area contributed by atoms with Crippen molar-refractivity contribution in [3.8, 4) is 11.3 Å². The zero-order valence-electron chi connectivity index (χ0n) is 7.41. The Balaban J connectivity index is 2.55. The van der Waals surface area contributed by atoms with Gasteiger partial charge in [-0.25, -0.2) is 4.98 Å². The summed E-state index contributed by atoms with van der Waals surface area (Å²) in [7, 11) is 1.86. The lowest BCUT2D eigenvalue weighted by Gasteiger charge is -2.00. The molecule has 0 atom stereocenters. The molecule has 2 aromatic heterocycles. The van der Waals surface area contributed by atoms with Crippen LogP contribution in [0.5, 0.6) is 0 Å². The van der Waals surface area contributed by atoms with Crippen molar-refractivity contribution in [1.29, 1.82) is 0 Å². The highest BCUT2D eigenvalue weighted by atomic mass is 79.9. The van der Waals surface area contributed by atoms with Gasteiger partial charge in [0.25, 0.3) is 0 Å². The summed E-state index contributed by atoms with van der Waals surface area (Å²) < 4.78 is 2.64. The van der Waals surface area contributed by atoms with Crippen LogP contribution in [0.1, 0.15) is 0 Å². The predicted molar refractivity (Wildman–Crippen MR) is 59.1 cm³/mol. The third-order valence-electron chi connectivity index (χ3n) is 1.79. The van der Waals surface area contributed by atoms with E-state index in [1.165, 1.54) is 0 Å². The SMILES string of the molecule is Cn1cc(-c2nc(Cl)ccc2Br)cn1. The van der Waals surface area contributed by atoms with Crippen LogP contribution in [-0.4, -0.2) is 14.8 Å². The topological polar surface area (TPSA) is 30.7 Å². The molecule has 0 saturated heterocycles. The summed E-state index contributed by atoms with van der Waals surface area (Å²) in [4.78, 5) is 4.22. The summed E-state index contributed by atoms with van der Waals surface area (Å²) >= 11 is 9.23. The molecule has 0 aliphatic heterocycles. The van der Waals surface area contributed by atoms with Crippen molar-refractivity contribution in [2.24, 2.45) is 7.05 Å². The fourth-order valence-corrected chi connectivity index (χ4v) is 1.76. The number of nitrogens with zero attached hydrogens (tertiary/aromatic N) is 3. The van der Waals surface area contributed by atoms with E-state index in [0.717, 1.165) is 15.7 Å². The van der Waals surface area contributed by atoms with Gasteiger partial charge in [0.1, 0.15) is 5.15 Å². The first-order chi connectivity index (χ1) is 6.66. The molecule has 2 heterocycles. The smallest absolute Gasteiger partial charge is 0.129 e. The van der Waals surface area contributed by atoms with Gasteiger partial charge >= 0.3 is 0 Å². The molecular weight excluding hydrogens is 265 g/mol. The second-order valence-corrected chi connectivity index (χ2v) is 4.11. The molecule has 0 radical (unpaired) electrons. The molecule has 2 aromatic rings. The first kappa shape index (κ1) is 9.68. The second-order valence-electron chi connectivity index (χ2n) is 2.87. The van der Waals surface area contributed by atoms with E-state index in [-0.39, 0.29) is 0 Å². The van der Waals surface area contributed by atoms with Gasteiger partial charge < -0.3 is 0 Å². The lowest BCUT2D eigenvalue weighted by Crippen LogP contribution is -1.85. The number of pyridine rings is 1. The van der Waals surface area contributed by atoms with E-state index in [2.05, 4.69) is 26.0 Å². The van der Waals surface area contributed by atoms with Crippen LogP contribution in [0.3, 0.4) is 0 Å². The fourth-order valence-electron chi connectivity index (χ4n) is 1.16. The van der Waals surface area contributed by atoms with E-state index < -0.39 is 0 Å². The number of halogens is 2. The summed E-state index contributed by atoms with van der Waals surface area (Å²) in [6, 6.07) is 3.61. The molecule has 5 heteroatoms. The summed E-state index contributed by atoms with van der Waals surface area (Å²) in [5, 5.41) is 4.56. The molecule has 0 aromatic carbocycles. The Bertz CT molecular complexity index is 467. The Labute approximate surface area is 94.9 Å². The van der Waals surface area contributed by atoms with Gasteiger partial charge in [-0.1, -0.05) is 11.6 Å². The van der Waals surface area contributed by atoms with Crippen molar-refractivity contribution in [2.45, 2.75) is 0 Å². The minimum Gasteiger partial charge on any atom is -0.275 e. The van der Waals surface area contributed by atoms with Crippen molar-refractivity contribution in [1.82, 2.24) is 14.8 Å². The molecule has 72 valence electrons. The molecule has 0 spiro atoms. The maximum atomic E-state index is 5.81. The first-order valence-electron chi connectivity index (χ1n) is 3.98. The molecule has 0 saturated carbocycles. The van der Waals surface area contributed by atoms with Crippen LogP contribution in [0.4, 0.5) is 0 Å². The normalized spacial score (nSPS) is 10.5.